The summed E-state index contributed by atoms with van der Waals surface area (Å²) in [6, 6.07) is 9.61. The molecule has 0 atom stereocenters. The summed E-state index contributed by atoms with van der Waals surface area (Å²) >= 11 is 0. The average Bonchev–Trinajstić information content (AvgIpc) is 2.65. The van der Waals surface area contributed by atoms with Crippen LogP contribution < -0.4 is 4.57 Å². The number of hydrogen-bond donors (Lipinski definition) is 0. The Kier molecular flexibility index (Phi) is 2.02. The molecule has 4 heteroatoms. The number of pyridine rings is 1. The summed E-state index contributed by atoms with van der Waals surface area (Å²) in [6.45, 7) is 0.509. The highest BCUT2D eigenvalue weighted by molar-refractivity contribution is 5.63. The van der Waals surface area contributed by atoms with E-state index in [0.29, 0.717) is 6.54 Å². The monoisotopic (exact) mass is 236 g/mol. The van der Waals surface area contributed by atoms with Crippen LogP contribution in [0.15, 0.2) is 42.6 Å². The fourth-order valence-electron chi connectivity index (χ4n) is 2.19. The number of halogens is 3. The Labute approximate surface area is 96.1 Å². The van der Waals surface area contributed by atoms with E-state index in [0.717, 1.165) is 22.9 Å². The second-order valence-corrected chi connectivity index (χ2v) is 4.08. The predicted molar refractivity (Wildman–Crippen MR) is 56.2 cm³/mol. The van der Waals surface area contributed by atoms with Crippen molar-refractivity contribution in [1.82, 2.24) is 0 Å². The fourth-order valence-corrected chi connectivity index (χ4v) is 2.19. The van der Waals surface area contributed by atoms with E-state index in [1.807, 2.05) is 29.0 Å². The summed E-state index contributed by atoms with van der Waals surface area (Å²) in [7, 11) is 0. The summed E-state index contributed by atoms with van der Waals surface area (Å²) in [4.78, 5) is 0. The molecular formula is C13H9F3N+. The summed E-state index contributed by atoms with van der Waals surface area (Å²) in [6.07, 6.45) is -2.39. The molecule has 0 N–H and O–H groups in total. The van der Waals surface area contributed by atoms with Gasteiger partial charge in [0.15, 0.2) is 12.7 Å². The largest absolute Gasteiger partial charge is 0.416 e. The van der Waals surface area contributed by atoms with Crippen molar-refractivity contribution in [3.8, 4) is 11.3 Å². The van der Waals surface area contributed by atoms with Gasteiger partial charge < -0.3 is 0 Å². The Balaban J connectivity index is 2.13. The van der Waals surface area contributed by atoms with E-state index in [1.165, 1.54) is 6.07 Å². The van der Waals surface area contributed by atoms with Gasteiger partial charge in [0, 0.05) is 17.7 Å². The van der Waals surface area contributed by atoms with E-state index in [9.17, 15) is 13.2 Å². The van der Waals surface area contributed by atoms with Crippen molar-refractivity contribution in [2.75, 3.05) is 0 Å². The molecule has 1 aliphatic heterocycles. The lowest BCUT2D eigenvalue weighted by Crippen LogP contribution is -2.31. The first-order valence-corrected chi connectivity index (χ1v) is 5.25. The number of fused-ring (bicyclic) bond motifs is 3. The minimum Gasteiger partial charge on any atom is -0.194 e. The van der Waals surface area contributed by atoms with E-state index in [1.54, 1.807) is 6.07 Å². The Morgan fingerprint density at radius 2 is 1.88 bits per heavy atom. The van der Waals surface area contributed by atoms with Crippen LogP contribution >= 0.6 is 0 Å². The maximum absolute atomic E-state index is 12.6. The SMILES string of the molecule is FC(F)(F)c1ccc2c(c1)C[n+]1ccccc1-2. The minimum absolute atomic E-state index is 0.509. The van der Waals surface area contributed by atoms with E-state index in [2.05, 4.69) is 0 Å². The minimum atomic E-state index is -4.27. The second-order valence-electron chi connectivity index (χ2n) is 4.08. The van der Waals surface area contributed by atoms with Crippen LogP contribution in [-0.2, 0) is 12.7 Å². The third-order valence-electron chi connectivity index (χ3n) is 2.99. The lowest BCUT2D eigenvalue weighted by Gasteiger charge is -2.06. The quantitative estimate of drug-likeness (QED) is 0.528. The molecule has 2 heterocycles. The highest BCUT2D eigenvalue weighted by Crippen LogP contribution is 2.34. The van der Waals surface area contributed by atoms with Gasteiger partial charge in [0.2, 0.25) is 5.69 Å². The van der Waals surface area contributed by atoms with Crippen LogP contribution in [0.5, 0.6) is 0 Å². The number of hydrogen-bond acceptors (Lipinski definition) is 0. The van der Waals surface area contributed by atoms with Crippen LogP contribution in [0.2, 0.25) is 0 Å². The molecule has 17 heavy (non-hydrogen) atoms. The number of nitrogens with zero attached hydrogens (tertiary/aromatic N) is 1. The molecule has 1 aromatic heterocycles. The van der Waals surface area contributed by atoms with Gasteiger partial charge in [0.05, 0.1) is 11.1 Å². The van der Waals surface area contributed by atoms with Crippen LogP contribution in [0.25, 0.3) is 11.3 Å². The van der Waals surface area contributed by atoms with Gasteiger partial charge in [0.25, 0.3) is 0 Å². The summed E-state index contributed by atoms with van der Waals surface area (Å²) < 4.78 is 39.7. The fraction of sp³-hybridized carbons (Fsp3) is 0.154. The molecule has 0 amide bonds. The van der Waals surface area contributed by atoms with Crippen molar-refractivity contribution < 1.29 is 17.7 Å². The number of alkyl halides is 3. The first-order valence-electron chi connectivity index (χ1n) is 5.25. The lowest BCUT2D eigenvalue weighted by atomic mass is 10.0. The Bertz CT molecular complexity index is 587. The summed E-state index contributed by atoms with van der Waals surface area (Å²) in [5, 5.41) is 0. The predicted octanol–water partition coefficient (Wildman–Crippen LogP) is 3.02. The number of rotatable bonds is 0. The van der Waals surface area contributed by atoms with Crippen molar-refractivity contribution in [3.63, 3.8) is 0 Å². The Hall–Kier alpha value is -1.84. The zero-order valence-corrected chi connectivity index (χ0v) is 8.83. The third-order valence-corrected chi connectivity index (χ3v) is 2.99. The molecule has 0 aliphatic carbocycles. The van der Waals surface area contributed by atoms with Gasteiger partial charge in [-0.1, -0.05) is 0 Å². The summed E-state index contributed by atoms with van der Waals surface area (Å²) in [5.74, 6) is 0. The van der Waals surface area contributed by atoms with Gasteiger partial charge in [-0.2, -0.15) is 17.7 Å². The second kappa shape index (κ2) is 3.32. The Morgan fingerprint density at radius 3 is 2.65 bits per heavy atom. The van der Waals surface area contributed by atoms with E-state index >= 15 is 0 Å². The maximum Gasteiger partial charge on any atom is 0.416 e. The lowest BCUT2D eigenvalue weighted by molar-refractivity contribution is -0.672. The normalized spacial score (nSPS) is 13.4. The molecule has 2 aromatic rings. The first-order chi connectivity index (χ1) is 8.05. The topological polar surface area (TPSA) is 3.88 Å². The van der Waals surface area contributed by atoms with E-state index in [-0.39, 0.29) is 0 Å². The standard InChI is InChI=1S/C13H9F3N/c14-13(15,16)10-4-5-11-9(7-10)8-17-6-2-1-3-12(11)17/h1-7H,8H2/q+1. The van der Waals surface area contributed by atoms with Crippen LogP contribution in [-0.4, -0.2) is 0 Å². The van der Waals surface area contributed by atoms with Gasteiger partial charge in [-0.3, -0.25) is 0 Å². The van der Waals surface area contributed by atoms with Crippen molar-refractivity contribution in [2.45, 2.75) is 12.7 Å². The molecular weight excluding hydrogens is 227 g/mol. The van der Waals surface area contributed by atoms with E-state index in [4.69, 9.17) is 0 Å². The Morgan fingerprint density at radius 1 is 1.06 bits per heavy atom. The number of benzene rings is 1. The van der Waals surface area contributed by atoms with Gasteiger partial charge in [0.1, 0.15) is 0 Å². The van der Waals surface area contributed by atoms with Crippen molar-refractivity contribution in [2.24, 2.45) is 0 Å². The highest BCUT2D eigenvalue weighted by Gasteiger charge is 2.33. The number of aromatic nitrogens is 1. The smallest absolute Gasteiger partial charge is 0.194 e. The van der Waals surface area contributed by atoms with Gasteiger partial charge in [-0.15, -0.1) is 0 Å². The van der Waals surface area contributed by atoms with Gasteiger partial charge >= 0.3 is 6.18 Å². The summed E-state index contributed by atoms with van der Waals surface area (Å²) in [5.41, 5.74) is 2.01. The highest BCUT2D eigenvalue weighted by atomic mass is 19.4. The first kappa shape index (κ1) is 10.3. The zero-order chi connectivity index (χ0) is 12.0. The molecule has 0 unspecified atom stereocenters. The van der Waals surface area contributed by atoms with E-state index < -0.39 is 11.7 Å². The van der Waals surface area contributed by atoms with Crippen LogP contribution in [0.1, 0.15) is 11.1 Å². The molecule has 0 saturated carbocycles. The molecule has 0 saturated heterocycles. The van der Waals surface area contributed by atoms with Crippen molar-refractivity contribution >= 4 is 0 Å². The van der Waals surface area contributed by atoms with Crippen molar-refractivity contribution in [3.05, 3.63) is 53.7 Å². The molecule has 1 aliphatic rings. The van der Waals surface area contributed by atoms with Crippen LogP contribution in [0, 0.1) is 0 Å². The molecule has 0 spiro atoms. The molecule has 0 fully saturated rings. The average molecular weight is 236 g/mol. The molecule has 1 aromatic carbocycles. The van der Waals surface area contributed by atoms with Crippen LogP contribution in [0.4, 0.5) is 13.2 Å². The molecule has 0 bridgehead atoms. The van der Waals surface area contributed by atoms with Gasteiger partial charge in [-0.05, 0) is 24.3 Å². The molecule has 1 nitrogen and oxygen atoms in total. The molecule has 3 rings (SSSR count). The third kappa shape index (κ3) is 1.60. The molecule has 0 radical (unpaired) electrons. The van der Waals surface area contributed by atoms with Crippen molar-refractivity contribution in [1.29, 1.82) is 0 Å². The molecule has 86 valence electrons. The van der Waals surface area contributed by atoms with Gasteiger partial charge in [-0.25, -0.2) is 0 Å². The zero-order valence-electron chi connectivity index (χ0n) is 8.83. The maximum atomic E-state index is 12.6. The van der Waals surface area contributed by atoms with Crippen LogP contribution in [0.3, 0.4) is 0 Å².